The topological polar surface area (TPSA) is 122 Å². The van der Waals surface area contributed by atoms with E-state index in [1.165, 1.54) is 28.8 Å². The largest absolute Gasteiger partial charge is 0.493 e. The van der Waals surface area contributed by atoms with Gasteiger partial charge in [-0.3, -0.25) is 15.0 Å². The van der Waals surface area contributed by atoms with Crippen molar-refractivity contribution < 1.29 is 13.5 Å². The Hall–Kier alpha value is -3.01. The summed E-state index contributed by atoms with van der Waals surface area (Å²) in [6.45, 7) is 0. The Labute approximate surface area is 158 Å². The number of aliphatic imine (C=N–C) groups is 1. The number of hydrogen-bond donors (Lipinski definition) is 3. The Morgan fingerprint density at radius 2 is 1.85 bits per heavy atom. The van der Waals surface area contributed by atoms with Crippen LogP contribution in [0.4, 0.5) is 5.69 Å². The maximum atomic E-state index is 11.4. The number of fused-ring (bicyclic) bond motifs is 1. The molecule has 9 heteroatoms. The molecular formula is C18H14N4O3S2. The van der Waals surface area contributed by atoms with Crippen LogP contribution in [0.5, 0.6) is 5.88 Å². The summed E-state index contributed by atoms with van der Waals surface area (Å²) in [6.07, 6.45) is 3.50. The molecule has 0 amide bonds. The fourth-order valence-corrected chi connectivity index (χ4v) is 4.19. The minimum absolute atomic E-state index is 0.0331. The highest BCUT2D eigenvalue weighted by Crippen LogP contribution is 2.34. The highest BCUT2D eigenvalue weighted by Gasteiger charge is 2.16. The van der Waals surface area contributed by atoms with Crippen LogP contribution in [0, 0.1) is 5.41 Å². The van der Waals surface area contributed by atoms with E-state index in [1.807, 2.05) is 24.3 Å². The lowest BCUT2D eigenvalue weighted by Gasteiger charge is -2.06. The number of nitrogens with zero attached hydrogens (tertiary/aromatic N) is 2. The first-order valence-electron chi connectivity index (χ1n) is 7.82. The van der Waals surface area contributed by atoms with Crippen molar-refractivity contribution in [3.05, 3.63) is 63.8 Å². The molecule has 0 unspecified atom stereocenters. The van der Waals surface area contributed by atoms with Gasteiger partial charge in [-0.05, 0) is 36.4 Å². The standard InChI is InChI=1S/C18H14N4O3S2/c19-18-22(12-5-7-13(8-6-12)27(20,24)25)17(23)16(26-18)9-11-10-21-15-4-2-1-3-14(11)15/h1-10,19,23H,(H2,20,24,25)/b11-9-,19-18?. The molecule has 136 valence electrons. The lowest BCUT2D eigenvalue weighted by atomic mass is 10.1. The van der Waals surface area contributed by atoms with Crippen LogP contribution in [0.3, 0.4) is 0 Å². The van der Waals surface area contributed by atoms with E-state index in [0.29, 0.717) is 10.6 Å². The van der Waals surface area contributed by atoms with Crippen LogP contribution >= 0.6 is 11.3 Å². The van der Waals surface area contributed by atoms with Crippen molar-refractivity contribution in [3.63, 3.8) is 0 Å². The van der Waals surface area contributed by atoms with Gasteiger partial charge < -0.3 is 5.11 Å². The first-order valence-corrected chi connectivity index (χ1v) is 10.2. The molecule has 1 aromatic heterocycles. The second-order valence-corrected chi connectivity index (χ2v) is 8.44. The summed E-state index contributed by atoms with van der Waals surface area (Å²) in [6, 6.07) is 13.3. The number of sulfonamides is 1. The van der Waals surface area contributed by atoms with Gasteiger partial charge in [0.1, 0.15) is 0 Å². The monoisotopic (exact) mass is 398 g/mol. The molecule has 0 bridgehead atoms. The van der Waals surface area contributed by atoms with Crippen molar-refractivity contribution in [2.75, 3.05) is 0 Å². The second-order valence-electron chi connectivity index (χ2n) is 5.84. The first kappa shape index (κ1) is 17.4. The van der Waals surface area contributed by atoms with Gasteiger partial charge in [-0.2, -0.15) is 0 Å². The van der Waals surface area contributed by atoms with E-state index in [1.54, 1.807) is 12.3 Å². The summed E-state index contributed by atoms with van der Waals surface area (Å²) in [5, 5.41) is 23.9. The molecule has 0 saturated heterocycles. The van der Waals surface area contributed by atoms with E-state index >= 15 is 0 Å². The molecule has 1 aliphatic heterocycles. The maximum Gasteiger partial charge on any atom is 0.238 e. The van der Waals surface area contributed by atoms with Crippen molar-refractivity contribution in [1.29, 1.82) is 5.41 Å². The lowest BCUT2D eigenvalue weighted by Crippen LogP contribution is -2.13. The Bertz CT molecular complexity index is 1270. The van der Waals surface area contributed by atoms with Crippen LogP contribution in [0.15, 0.2) is 58.4 Å². The maximum absolute atomic E-state index is 11.4. The zero-order valence-electron chi connectivity index (χ0n) is 13.8. The average molecular weight is 398 g/mol. The van der Waals surface area contributed by atoms with Gasteiger partial charge in [-0.15, -0.1) is 0 Å². The third-order valence-corrected chi connectivity index (χ3v) is 5.94. The molecule has 27 heavy (non-hydrogen) atoms. The van der Waals surface area contributed by atoms with Crippen LogP contribution < -0.4 is 9.94 Å². The predicted octanol–water partition coefficient (Wildman–Crippen LogP) is 2.63. The van der Waals surface area contributed by atoms with Gasteiger partial charge in [0.25, 0.3) is 0 Å². The van der Waals surface area contributed by atoms with Gasteiger partial charge in [0.05, 0.1) is 21.1 Å². The molecule has 4 N–H and O–H groups in total. The summed E-state index contributed by atoms with van der Waals surface area (Å²) in [4.78, 5) is 4.91. The van der Waals surface area contributed by atoms with E-state index in [-0.39, 0.29) is 15.6 Å². The number of rotatable bonds is 3. The van der Waals surface area contributed by atoms with Gasteiger partial charge in [-0.1, -0.05) is 29.5 Å². The summed E-state index contributed by atoms with van der Waals surface area (Å²) in [5.41, 5.74) is 3.13. The van der Waals surface area contributed by atoms with E-state index in [2.05, 4.69) is 4.99 Å². The summed E-state index contributed by atoms with van der Waals surface area (Å²) < 4.78 is 24.1. The van der Waals surface area contributed by atoms with E-state index in [0.717, 1.165) is 28.2 Å². The van der Waals surface area contributed by atoms with E-state index < -0.39 is 10.0 Å². The van der Waals surface area contributed by atoms with Gasteiger partial charge in [0.15, 0.2) is 4.80 Å². The van der Waals surface area contributed by atoms with Gasteiger partial charge in [0, 0.05) is 17.4 Å². The number of aromatic nitrogens is 1. The van der Waals surface area contributed by atoms with Gasteiger partial charge in [0.2, 0.25) is 15.9 Å². The van der Waals surface area contributed by atoms with Crippen LogP contribution in [0.1, 0.15) is 10.4 Å². The third kappa shape index (κ3) is 3.12. The van der Waals surface area contributed by atoms with Crippen molar-refractivity contribution in [3.8, 4) is 11.6 Å². The molecule has 4 rings (SSSR count). The van der Waals surface area contributed by atoms with Crippen LogP contribution in [0.25, 0.3) is 17.3 Å². The number of primary sulfonamides is 1. The van der Waals surface area contributed by atoms with Crippen LogP contribution in [-0.2, 0) is 10.0 Å². The van der Waals surface area contributed by atoms with E-state index in [4.69, 9.17) is 10.5 Å². The van der Waals surface area contributed by atoms with Crippen molar-refractivity contribution in [2.24, 2.45) is 10.1 Å². The first-order chi connectivity index (χ1) is 12.8. The van der Waals surface area contributed by atoms with E-state index in [9.17, 15) is 13.5 Å². The Balaban J connectivity index is 1.77. The van der Waals surface area contributed by atoms with Crippen LogP contribution in [-0.4, -0.2) is 24.3 Å². The second kappa shape index (κ2) is 6.31. The minimum atomic E-state index is -3.80. The fraction of sp³-hybridized carbons (Fsp3) is 0. The SMILES string of the molecule is N=c1sc(/C=C2/C=Nc3ccccc32)c(O)n1-c1ccc(S(N)(=O)=O)cc1. The number of allylic oxidation sites excluding steroid dienone is 1. The number of para-hydroxylation sites is 1. The van der Waals surface area contributed by atoms with Crippen molar-refractivity contribution in [2.45, 2.75) is 4.90 Å². The lowest BCUT2D eigenvalue weighted by molar-refractivity contribution is 0.438. The predicted molar refractivity (Wildman–Crippen MR) is 105 cm³/mol. The smallest absolute Gasteiger partial charge is 0.238 e. The molecule has 1 aliphatic rings. The molecule has 2 heterocycles. The number of benzene rings is 2. The fourth-order valence-electron chi connectivity index (χ4n) is 2.82. The molecule has 0 atom stereocenters. The molecule has 0 saturated carbocycles. The molecular weight excluding hydrogens is 384 g/mol. The molecule has 2 aromatic carbocycles. The quantitative estimate of drug-likeness (QED) is 0.628. The summed E-state index contributed by atoms with van der Waals surface area (Å²) in [7, 11) is -3.80. The number of aromatic hydroxyl groups is 1. The molecule has 0 aliphatic carbocycles. The number of thiazole rings is 1. The molecule has 7 nitrogen and oxygen atoms in total. The zero-order valence-corrected chi connectivity index (χ0v) is 15.5. The Kier molecular flexibility index (Phi) is 4.06. The highest BCUT2D eigenvalue weighted by atomic mass is 32.2. The normalized spacial score (nSPS) is 14.6. The minimum Gasteiger partial charge on any atom is -0.493 e. The van der Waals surface area contributed by atoms with Gasteiger partial charge >= 0.3 is 0 Å². The molecule has 0 radical (unpaired) electrons. The highest BCUT2D eigenvalue weighted by molar-refractivity contribution is 7.89. The number of nitrogens with two attached hydrogens (primary N) is 1. The number of nitrogens with one attached hydrogen (secondary N) is 1. The van der Waals surface area contributed by atoms with Gasteiger partial charge in [-0.25, -0.2) is 13.6 Å². The molecule has 0 spiro atoms. The van der Waals surface area contributed by atoms with Crippen molar-refractivity contribution in [1.82, 2.24) is 4.57 Å². The van der Waals surface area contributed by atoms with Crippen molar-refractivity contribution >= 4 is 44.9 Å². The summed E-state index contributed by atoms with van der Waals surface area (Å²) >= 11 is 1.11. The Morgan fingerprint density at radius 1 is 1.15 bits per heavy atom. The average Bonchev–Trinajstić information content (AvgIpc) is 3.16. The van der Waals surface area contributed by atoms with Crippen LogP contribution in [0.2, 0.25) is 0 Å². The third-order valence-electron chi connectivity index (χ3n) is 4.11. The molecule has 0 fully saturated rings. The Morgan fingerprint density at radius 3 is 2.56 bits per heavy atom. The molecule has 3 aromatic rings. The zero-order chi connectivity index (χ0) is 19.2. The summed E-state index contributed by atoms with van der Waals surface area (Å²) in [5.74, 6) is -0.0985. The number of hydrogen-bond acceptors (Lipinski definition) is 6.